The molecule has 0 bridgehead atoms. The molecule has 3 N–H and O–H groups in total. The van der Waals surface area contributed by atoms with E-state index in [9.17, 15) is 4.79 Å². The van der Waals surface area contributed by atoms with E-state index >= 15 is 0 Å². The zero-order valence-corrected chi connectivity index (χ0v) is 16.6. The molecule has 0 heterocycles. The van der Waals surface area contributed by atoms with Crippen molar-refractivity contribution in [1.82, 2.24) is 0 Å². The maximum Gasteiger partial charge on any atom is 0.245 e. The van der Waals surface area contributed by atoms with Crippen LogP contribution in [0.1, 0.15) is 52.9 Å². The predicted molar refractivity (Wildman–Crippen MR) is 104 cm³/mol. The van der Waals surface area contributed by atoms with Crippen LogP contribution in [0.2, 0.25) is 5.02 Å². The number of hydrogen-bond donors (Lipinski definition) is 2. The normalized spacial score (nSPS) is 27.8. The SMILES string of the molecule is CCOC1CC(N)(C(=O)Nc2ccc(OC3CCCC3)c(Cl)c2)C1(C)C. The number of anilines is 1. The van der Waals surface area contributed by atoms with Crippen molar-refractivity contribution in [2.75, 3.05) is 11.9 Å². The number of ether oxygens (including phenoxy) is 2. The minimum Gasteiger partial charge on any atom is -0.489 e. The lowest BCUT2D eigenvalue weighted by atomic mass is 9.54. The van der Waals surface area contributed by atoms with Gasteiger partial charge < -0.3 is 20.5 Å². The number of nitrogens with one attached hydrogen (secondary N) is 1. The van der Waals surface area contributed by atoms with Crippen LogP contribution in [-0.2, 0) is 9.53 Å². The summed E-state index contributed by atoms with van der Waals surface area (Å²) >= 11 is 6.35. The molecule has 0 radical (unpaired) electrons. The summed E-state index contributed by atoms with van der Waals surface area (Å²) in [5.41, 5.74) is 5.66. The number of carbonyl (C=O) groups excluding carboxylic acids is 1. The summed E-state index contributed by atoms with van der Waals surface area (Å²) in [6.45, 7) is 6.51. The summed E-state index contributed by atoms with van der Waals surface area (Å²) < 4.78 is 11.6. The molecule has 6 heteroatoms. The molecule has 2 aliphatic rings. The fourth-order valence-electron chi connectivity index (χ4n) is 3.92. The van der Waals surface area contributed by atoms with Gasteiger partial charge in [0.25, 0.3) is 0 Å². The topological polar surface area (TPSA) is 73.6 Å². The molecule has 1 amide bonds. The monoisotopic (exact) mass is 380 g/mol. The first kappa shape index (κ1) is 19.5. The van der Waals surface area contributed by atoms with E-state index in [-0.39, 0.29) is 18.1 Å². The summed E-state index contributed by atoms with van der Waals surface area (Å²) in [5.74, 6) is 0.457. The van der Waals surface area contributed by atoms with Crippen LogP contribution >= 0.6 is 11.6 Å². The van der Waals surface area contributed by atoms with Crippen LogP contribution in [0.3, 0.4) is 0 Å². The first-order chi connectivity index (χ1) is 12.3. The fourth-order valence-corrected chi connectivity index (χ4v) is 4.15. The second-order valence-electron chi connectivity index (χ2n) is 7.96. The van der Waals surface area contributed by atoms with Gasteiger partial charge in [-0.2, -0.15) is 0 Å². The number of carbonyl (C=O) groups is 1. The predicted octanol–water partition coefficient (Wildman–Crippen LogP) is 4.13. The van der Waals surface area contributed by atoms with E-state index in [2.05, 4.69) is 5.32 Å². The van der Waals surface area contributed by atoms with Crippen molar-refractivity contribution in [1.29, 1.82) is 0 Å². The van der Waals surface area contributed by atoms with Gasteiger partial charge in [0.15, 0.2) is 0 Å². The average molecular weight is 381 g/mol. The van der Waals surface area contributed by atoms with Gasteiger partial charge in [0.05, 0.1) is 17.2 Å². The van der Waals surface area contributed by atoms with Crippen molar-refractivity contribution in [3.63, 3.8) is 0 Å². The van der Waals surface area contributed by atoms with Crippen LogP contribution < -0.4 is 15.8 Å². The van der Waals surface area contributed by atoms with Crippen LogP contribution in [-0.4, -0.2) is 30.3 Å². The Morgan fingerprint density at radius 2 is 2.04 bits per heavy atom. The van der Waals surface area contributed by atoms with Crippen molar-refractivity contribution >= 4 is 23.2 Å². The van der Waals surface area contributed by atoms with Gasteiger partial charge in [0, 0.05) is 24.1 Å². The van der Waals surface area contributed by atoms with Gasteiger partial charge in [-0.3, -0.25) is 4.79 Å². The number of amides is 1. The number of benzene rings is 1. The van der Waals surface area contributed by atoms with Gasteiger partial charge in [-0.05, 0) is 50.8 Å². The lowest BCUT2D eigenvalue weighted by Gasteiger charge is -2.57. The van der Waals surface area contributed by atoms with Gasteiger partial charge >= 0.3 is 0 Å². The molecule has 0 aliphatic heterocycles. The molecular weight excluding hydrogens is 352 g/mol. The molecule has 1 aromatic rings. The van der Waals surface area contributed by atoms with Gasteiger partial charge in [0.2, 0.25) is 5.91 Å². The Hall–Kier alpha value is -1.30. The molecule has 0 spiro atoms. The molecule has 2 aliphatic carbocycles. The van der Waals surface area contributed by atoms with Crippen molar-refractivity contribution in [2.45, 2.75) is 70.6 Å². The highest BCUT2D eigenvalue weighted by atomic mass is 35.5. The average Bonchev–Trinajstić information content (AvgIpc) is 3.10. The molecule has 2 unspecified atom stereocenters. The van der Waals surface area contributed by atoms with E-state index in [0.717, 1.165) is 12.8 Å². The zero-order valence-electron chi connectivity index (χ0n) is 15.8. The van der Waals surface area contributed by atoms with E-state index in [1.807, 2.05) is 32.9 Å². The number of nitrogens with two attached hydrogens (primary N) is 1. The van der Waals surface area contributed by atoms with Crippen LogP contribution in [0, 0.1) is 5.41 Å². The molecule has 144 valence electrons. The molecular formula is C20H29ClN2O3. The number of halogens is 1. The summed E-state index contributed by atoms with van der Waals surface area (Å²) in [6.07, 6.45) is 5.29. The highest BCUT2D eigenvalue weighted by molar-refractivity contribution is 6.32. The van der Waals surface area contributed by atoms with Crippen LogP contribution in [0.4, 0.5) is 5.69 Å². The van der Waals surface area contributed by atoms with E-state index in [0.29, 0.717) is 29.5 Å². The third-order valence-electron chi connectivity index (χ3n) is 6.02. The second-order valence-corrected chi connectivity index (χ2v) is 8.37. The van der Waals surface area contributed by atoms with E-state index in [1.165, 1.54) is 12.8 Å². The number of hydrogen-bond acceptors (Lipinski definition) is 4. The summed E-state index contributed by atoms with van der Waals surface area (Å²) in [5, 5.41) is 3.41. The Bertz CT molecular complexity index is 673. The summed E-state index contributed by atoms with van der Waals surface area (Å²) in [4.78, 5) is 12.8. The molecule has 2 saturated carbocycles. The lowest BCUT2D eigenvalue weighted by Crippen LogP contribution is -2.74. The Morgan fingerprint density at radius 1 is 1.35 bits per heavy atom. The maximum atomic E-state index is 12.8. The molecule has 0 aromatic heterocycles. The molecule has 3 rings (SSSR count). The Kier molecular flexibility index (Phi) is 5.52. The summed E-state index contributed by atoms with van der Waals surface area (Å²) in [7, 11) is 0. The van der Waals surface area contributed by atoms with Gasteiger partial charge in [0.1, 0.15) is 11.3 Å². The number of rotatable bonds is 6. The maximum absolute atomic E-state index is 12.8. The van der Waals surface area contributed by atoms with Crippen LogP contribution in [0.5, 0.6) is 5.75 Å². The third-order valence-corrected chi connectivity index (χ3v) is 6.32. The van der Waals surface area contributed by atoms with E-state index in [1.54, 1.807) is 6.07 Å². The molecule has 1 aromatic carbocycles. The quantitative estimate of drug-likeness (QED) is 0.778. The molecule has 2 fully saturated rings. The minimum atomic E-state index is -0.960. The summed E-state index contributed by atoms with van der Waals surface area (Å²) in [6, 6.07) is 5.34. The van der Waals surface area contributed by atoms with Crippen molar-refractivity contribution in [3.05, 3.63) is 23.2 Å². The molecule has 0 saturated heterocycles. The molecule has 2 atom stereocenters. The standard InChI is InChI=1S/C20H29ClN2O3/c1-4-25-17-12-20(22,19(17,2)3)18(24)23-13-9-10-16(15(21)11-13)26-14-7-5-6-8-14/h9-11,14,17H,4-8,12,22H2,1-3H3,(H,23,24). The molecule has 26 heavy (non-hydrogen) atoms. The Morgan fingerprint density at radius 3 is 2.62 bits per heavy atom. The van der Waals surface area contributed by atoms with Crippen LogP contribution in [0.25, 0.3) is 0 Å². The first-order valence-corrected chi connectivity index (χ1v) is 9.84. The van der Waals surface area contributed by atoms with Gasteiger partial charge in [-0.1, -0.05) is 25.4 Å². The Labute approximate surface area is 160 Å². The Balaban J connectivity index is 1.65. The van der Waals surface area contributed by atoms with Crippen molar-refractivity contribution in [3.8, 4) is 5.75 Å². The second kappa shape index (κ2) is 7.37. The highest BCUT2D eigenvalue weighted by Crippen LogP contribution is 2.50. The zero-order chi connectivity index (χ0) is 18.9. The van der Waals surface area contributed by atoms with Gasteiger partial charge in [-0.15, -0.1) is 0 Å². The third kappa shape index (κ3) is 3.45. The smallest absolute Gasteiger partial charge is 0.245 e. The molecule has 5 nitrogen and oxygen atoms in total. The van der Waals surface area contributed by atoms with Crippen molar-refractivity contribution in [2.24, 2.45) is 11.1 Å². The van der Waals surface area contributed by atoms with E-state index in [4.69, 9.17) is 26.8 Å². The largest absolute Gasteiger partial charge is 0.489 e. The first-order valence-electron chi connectivity index (χ1n) is 9.46. The lowest BCUT2D eigenvalue weighted by molar-refractivity contribution is -0.166. The highest BCUT2D eigenvalue weighted by Gasteiger charge is 2.62. The minimum absolute atomic E-state index is 0.00553. The van der Waals surface area contributed by atoms with E-state index < -0.39 is 11.0 Å². The van der Waals surface area contributed by atoms with Crippen molar-refractivity contribution < 1.29 is 14.3 Å². The van der Waals surface area contributed by atoms with Gasteiger partial charge in [-0.25, -0.2) is 0 Å². The van der Waals surface area contributed by atoms with Crippen LogP contribution in [0.15, 0.2) is 18.2 Å². The fraction of sp³-hybridized carbons (Fsp3) is 0.650.